The number of nitrogens with zero attached hydrogens (tertiary/aromatic N) is 7. The lowest BCUT2D eigenvalue weighted by Gasteiger charge is -2.23. The number of carbonyl (C=O) groups is 1. The van der Waals surface area contributed by atoms with Gasteiger partial charge in [0.2, 0.25) is 5.91 Å². The molecule has 1 fully saturated rings. The van der Waals surface area contributed by atoms with Crippen LogP contribution >= 0.6 is 0 Å². The highest BCUT2D eigenvalue weighted by molar-refractivity contribution is 5.91. The summed E-state index contributed by atoms with van der Waals surface area (Å²) in [6, 6.07) is 1.42. The van der Waals surface area contributed by atoms with Gasteiger partial charge in [-0.1, -0.05) is 12.5 Å². The molecule has 2 atom stereocenters. The Morgan fingerprint density at radius 1 is 1.28 bits per heavy atom. The number of alkyl halides is 3. The summed E-state index contributed by atoms with van der Waals surface area (Å²) >= 11 is 0. The number of halogens is 4. The number of hydrogen-bond donors (Lipinski definition) is 1. The van der Waals surface area contributed by atoms with Gasteiger partial charge >= 0.3 is 6.36 Å². The predicted molar refractivity (Wildman–Crippen MR) is 132 cm³/mol. The van der Waals surface area contributed by atoms with E-state index in [9.17, 15) is 22.4 Å². The van der Waals surface area contributed by atoms with Crippen LogP contribution in [0.1, 0.15) is 30.6 Å². The van der Waals surface area contributed by atoms with Gasteiger partial charge in [-0.3, -0.25) is 9.53 Å². The lowest BCUT2D eigenvalue weighted by molar-refractivity contribution is -0.327. The standard InChI is InChI=1S/C25H22F4N8O2/c1-3-21(38)36-10-15(8-16(36)11-39-25(27,28)29)37-24-22(23(30)31-12-32-24)18(34-37)6-5-14-7-19-20(9-17(14)26)35(4-2)13-33-19/h3,7,9,12-13,15-16H,1,4,8,10-11H2,2H3,(H2,30,31,32)/t15-,16+/m0/s1. The van der Waals surface area contributed by atoms with E-state index >= 15 is 0 Å². The number of nitrogens with two attached hydrogens (primary N) is 1. The average Bonchev–Trinajstić information content (AvgIpc) is 3.60. The van der Waals surface area contributed by atoms with Crippen LogP contribution in [0, 0.1) is 17.7 Å². The van der Waals surface area contributed by atoms with Crippen molar-refractivity contribution in [3.63, 3.8) is 0 Å². The average molecular weight is 542 g/mol. The highest BCUT2D eigenvalue weighted by Crippen LogP contribution is 2.33. The number of nitrogen functional groups attached to an aromatic ring is 1. The molecule has 5 rings (SSSR count). The van der Waals surface area contributed by atoms with E-state index in [0.29, 0.717) is 23.0 Å². The number of benzene rings is 1. The van der Waals surface area contributed by atoms with Crippen molar-refractivity contribution < 1.29 is 27.1 Å². The summed E-state index contributed by atoms with van der Waals surface area (Å²) < 4.78 is 60.3. The summed E-state index contributed by atoms with van der Waals surface area (Å²) in [7, 11) is 0. The van der Waals surface area contributed by atoms with Crippen LogP contribution < -0.4 is 5.73 Å². The predicted octanol–water partition coefficient (Wildman–Crippen LogP) is 3.18. The van der Waals surface area contributed by atoms with E-state index in [1.807, 2.05) is 6.92 Å². The number of aromatic nitrogens is 6. The Hall–Kier alpha value is -4.51. The Morgan fingerprint density at radius 2 is 2.08 bits per heavy atom. The summed E-state index contributed by atoms with van der Waals surface area (Å²) in [6.45, 7) is 5.25. The van der Waals surface area contributed by atoms with Crippen LogP contribution in [0.3, 0.4) is 0 Å². The molecule has 2 N–H and O–H groups in total. The fourth-order valence-corrected chi connectivity index (χ4v) is 4.70. The Kier molecular flexibility index (Phi) is 6.69. The summed E-state index contributed by atoms with van der Waals surface area (Å²) in [5.74, 6) is 4.58. The molecule has 1 aliphatic rings. The number of fused-ring (bicyclic) bond motifs is 2. The van der Waals surface area contributed by atoms with Crippen LogP contribution in [0.4, 0.5) is 23.4 Å². The number of anilines is 1. The Bertz CT molecular complexity index is 1650. The van der Waals surface area contributed by atoms with Gasteiger partial charge in [0.1, 0.15) is 23.7 Å². The SMILES string of the molecule is C=CC(=O)N1C[C@@H](n2nc(C#Cc3cc4ncn(CC)c4cc3F)c3c(N)ncnc32)C[C@@H]1COC(F)(F)F. The van der Waals surface area contributed by atoms with Crippen molar-refractivity contribution in [2.24, 2.45) is 0 Å². The van der Waals surface area contributed by atoms with E-state index in [4.69, 9.17) is 5.73 Å². The third-order valence-electron chi connectivity index (χ3n) is 6.52. The summed E-state index contributed by atoms with van der Waals surface area (Å²) in [4.78, 5) is 26.2. The van der Waals surface area contributed by atoms with Crippen LogP contribution in [0.15, 0.2) is 37.4 Å². The zero-order valence-electron chi connectivity index (χ0n) is 20.6. The Morgan fingerprint density at radius 3 is 2.79 bits per heavy atom. The first-order valence-corrected chi connectivity index (χ1v) is 11.9. The maximum absolute atomic E-state index is 14.9. The van der Waals surface area contributed by atoms with Crippen LogP contribution in [0.5, 0.6) is 0 Å². The number of amides is 1. The van der Waals surface area contributed by atoms with Crippen LogP contribution in [-0.2, 0) is 16.1 Å². The third-order valence-corrected chi connectivity index (χ3v) is 6.52. The number of aryl methyl sites for hydroxylation is 1. The lowest BCUT2D eigenvalue weighted by Crippen LogP contribution is -2.38. The second kappa shape index (κ2) is 9.99. The fraction of sp³-hybridized carbons (Fsp3) is 0.320. The highest BCUT2D eigenvalue weighted by atomic mass is 19.4. The number of carbonyl (C=O) groups excluding carboxylic acids is 1. The van der Waals surface area contributed by atoms with Gasteiger partial charge in [0, 0.05) is 19.2 Å². The largest absolute Gasteiger partial charge is 0.522 e. The Balaban J connectivity index is 1.52. The molecule has 202 valence electrons. The van der Waals surface area contributed by atoms with Crippen LogP contribution in [0.2, 0.25) is 0 Å². The molecular formula is C25H22F4N8O2. The number of hydrogen-bond acceptors (Lipinski definition) is 7. The highest BCUT2D eigenvalue weighted by Gasteiger charge is 2.40. The first kappa shape index (κ1) is 26.1. The van der Waals surface area contributed by atoms with Crippen molar-refractivity contribution in [3.05, 3.63) is 54.5 Å². The van der Waals surface area contributed by atoms with Gasteiger partial charge < -0.3 is 15.2 Å². The number of ether oxygens (including phenoxy) is 1. The molecular weight excluding hydrogens is 520 g/mol. The van der Waals surface area contributed by atoms with Gasteiger partial charge in [0.15, 0.2) is 5.65 Å². The lowest BCUT2D eigenvalue weighted by atomic mass is 10.1. The Labute approximate surface area is 219 Å². The van der Waals surface area contributed by atoms with E-state index in [1.165, 1.54) is 28.0 Å². The van der Waals surface area contributed by atoms with E-state index in [-0.39, 0.29) is 35.7 Å². The van der Waals surface area contributed by atoms with Crippen molar-refractivity contribution in [3.8, 4) is 11.8 Å². The summed E-state index contributed by atoms with van der Waals surface area (Å²) in [6.07, 6.45) is -0.901. The van der Waals surface area contributed by atoms with Gasteiger partial charge in [-0.15, -0.1) is 13.2 Å². The van der Waals surface area contributed by atoms with Crippen molar-refractivity contribution in [1.29, 1.82) is 0 Å². The molecule has 1 saturated heterocycles. The zero-order valence-corrected chi connectivity index (χ0v) is 20.6. The first-order chi connectivity index (χ1) is 18.6. The van der Waals surface area contributed by atoms with Crippen molar-refractivity contribution in [2.45, 2.75) is 38.3 Å². The molecule has 1 aromatic carbocycles. The zero-order chi connectivity index (χ0) is 27.9. The van der Waals surface area contributed by atoms with Crippen molar-refractivity contribution in [1.82, 2.24) is 34.2 Å². The van der Waals surface area contributed by atoms with Crippen molar-refractivity contribution in [2.75, 3.05) is 18.9 Å². The van der Waals surface area contributed by atoms with E-state index in [0.717, 1.165) is 6.08 Å². The minimum atomic E-state index is -4.85. The molecule has 39 heavy (non-hydrogen) atoms. The van der Waals surface area contributed by atoms with Gasteiger partial charge in [-0.05, 0) is 31.4 Å². The van der Waals surface area contributed by atoms with Gasteiger partial charge in [0.25, 0.3) is 0 Å². The minimum Gasteiger partial charge on any atom is -0.383 e. The molecule has 4 aromatic rings. The summed E-state index contributed by atoms with van der Waals surface area (Å²) in [5, 5.41) is 4.82. The number of imidazole rings is 1. The molecule has 0 bridgehead atoms. The topological polar surface area (TPSA) is 117 Å². The third kappa shape index (κ3) is 5.00. The molecule has 4 heterocycles. The molecule has 0 radical (unpaired) electrons. The monoisotopic (exact) mass is 542 g/mol. The number of likely N-dealkylation sites (tertiary alicyclic amines) is 1. The quantitative estimate of drug-likeness (QED) is 0.234. The van der Waals surface area contributed by atoms with Gasteiger partial charge in [-0.2, -0.15) is 5.10 Å². The smallest absolute Gasteiger partial charge is 0.383 e. The number of rotatable bonds is 5. The summed E-state index contributed by atoms with van der Waals surface area (Å²) in [5.41, 5.74) is 7.83. The second-order valence-corrected chi connectivity index (χ2v) is 8.85. The molecule has 0 spiro atoms. The fourth-order valence-electron chi connectivity index (χ4n) is 4.70. The van der Waals surface area contributed by atoms with Crippen LogP contribution in [0.25, 0.3) is 22.1 Å². The van der Waals surface area contributed by atoms with E-state index < -0.39 is 36.8 Å². The van der Waals surface area contributed by atoms with Crippen LogP contribution in [-0.4, -0.2) is 65.7 Å². The van der Waals surface area contributed by atoms with Crippen molar-refractivity contribution >= 4 is 33.8 Å². The molecule has 0 unspecified atom stereocenters. The van der Waals surface area contributed by atoms with Gasteiger partial charge in [-0.25, -0.2) is 24.0 Å². The molecule has 0 aliphatic carbocycles. The molecule has 1 aliphatic heterocycles. The van der Waals surface area contributed by atoms with E-state index in [1.54, 1.807) is 10.9 Å². The maximum atomic E-state index is 14.9. The maximum Gasteiger partial charge on any atom is 0.522 e. The van der Waals surface area contributed by atoms with Gasteiger partial charge in [0.05, 0.1) is 47.0 Å². The molecule has 14 heteroatoms. The molecule has 1 amide bonds. The van der Waals surface area contributed by atoms with E-state index in [2.05, 4.69) is 43.2 Å². The molecule has 10 nitrogen and oxygen atoms in total. The molecule has 3 aromatic heterocycles. The first-order valence-electron chi connectivity index (χ1n) is 11.9. The normalized spacial score (nSPS) is 17.5. The minimum absolute atomic E-state index is 0.0235. The molecule has 0 saturated carbocycles. The second-order valence-electron chi connectivity index (χ2n) is 8.85.